The summed E-state index contributed by atoms with van der Waals surface area (Å²) in [4.78, 5) is 27.3. The predicted octanol–water partition coefficient (Wildman–Crippen LogP) is 4.76. The molecule has 1 aliphatic rings. The van der Waals surface area contributed by atoms with Gasteiger partial charge in [0.25, 0.3) is 5.91 Å². The topological polar surface area (TPSA) is 75.2 Å². The summed E-state index contributed by atoms with van der Waals surface area (Å²) in [6, 6.07) is 13.5. The zero-order valence-corrected chi connectivity index (χ0v) is 17.5. The highest BCUT2D eigenvalue weighted by molar-refractivity contribution is 7.18. The van der Waals surface area contributed by atoms with Gasteiger partial charge in [0.2, 0.25) is 11.0 Å². The third kappa shape index (κ3) is 4.27. The lowest BCUT2D eigenvalue weighted by atomic mass is 10.1. The van der Waals surface area contributed by atoms with Crippen molar-refractivity contribution in [2.24, 2.45) is 0 Å². The van der Waals surface area contributed by atoms with Gasteiger partial charge in [-0.2, -0.15) is 0 Å². The Bertz CT molecular complexity index is 1050. The number of anilines is 1. The lowest BCUT2D eigenvalue weighted by Crippen LogP contribution is -2.43. The SMILES string of the molecule is O=C(Nc1nnc(-c2ccc(Cl)cc2)s1)C1CCCN1C(=O)c1ccccc1Cl. The number of hydrogen-bond acceptors (Lipinski definition) is 5. The molecule has 1 unspecified atom stereocenters. The Balaban J connectivity index is 1.47. The number of aromatic nitrogens is 2. The standard InChI is InChI=1S/C20H16Cl2N4O2S/c21-13-9-7-12(8-10-13)18-24-25-20(29-18)23-17(27)16-6-3-11-26(16)19(28)14-4-1-2-5-15(14)22/h1-2,4-5,7-10,16H,3,6,11H2,(H,23,25,27). The second kappa shape index (κ2) is 8.49. The highest BCUT2D eigenvalue weighted by Gasteiger charge is 2.35. The number of carbonyl (C=O) groups is 2. The van der Waals surface area contributed by atoms with Gasteiger partial charge >= 0.3 is 0 Å². The number of benzene rings is 2. The van der Waals surface area contributed by atoms with Crippen LogP contribution < -0.4 is 5.32 Å². The molecule has 29 heavy (non-hydrogen) atoms. The molecule has 4 rings (SSSR count). The lowest BCUT2D eigenvalue weighted by Gasteiger charge is -2.24. The predicted molar refractivity (Wildman–Crippen MR) is 114 cm³/mol. The molecule has 1 aromatic heterocycles. The van der Waals surface area contributed by atoms with Crippen LogP contribution in [0.4, 0.5) is 5.13 Å². The maximum absolute atomic E-state index is 12.9. The van der Waals surface area contributed by atoms with Gasteiger partial charge in [-0.3, -0.25) is 14.9 Å². The Labute approximate surface area is 181 Å². The molecule has 0 aliphatic carbocycles. The Kier molecular flexibility index (Phi) is 5.80. The monoisotopic (exact) mass is 446 g/mol. The van der Waals surface area contributed by atoms with Gasteiger partial charge in [0, 0.05) is 17.1 Å². The summed E-state index contributed by atoms with van der Waals surface area (Å²) in [6.07, 6.45) is 1.34. The van der Waals surface area contributed by atoms with Crippen LogP contribution in [0.15, 0.2) is 48.5 Å². The Morgan fingerprint density at radius 2 is 1.83 bits per heavy atom. The fourth-order valence-corrected chi connectivity index (χ4v) is 4.34. The zero-order valence-electron chi connectivity index (χ0n) is 15.1. The van der Waals surface area contributed by atoms with Gasteiger partial charge in [-0.1, -0.05) is 58.8 Å². The molecular formula is C20H16Cl2N4O2S. The number of halogens is 2. The molecule has 1 aliphatic heterocycles. The first-order valence-electron chi connectivity index (χ1n) is 8.99. The van der Waals surface area contributed by atoms with E-state index in [-0.39, 0.29) is 11.8 Å². The minimum atomic E-state index is -0.568. The van der Waals surface area contributed by atoms with E-state index >= 15 is 0 Å². The van der Waals surface area contributed by atoms with Crippen LogP contribution >= 0.6 is 34.5 Å². The molecule has 2 heterocycles. The summed E-state index contributed by atoms with van der Waals surface area (Å²) in [5.41, 5.74) is 1.26. The van der Waals surface area contributed by atoms with E-state index < -0.39 is 6.04 Å². The molecule has 6 nitrogen and oxygen atoms in total. The van der Waals surface area contributed by atoms with Crippen molar-refractivity contribution in [2.75, 3.05) is 11.9 Å². The first-order valence-corrected chi connectivity index (χ1v) is 10.6. The number of nitrogens with one attached hydrogen (secondary N) is 1. The maximum Gasteiger partial charge on any atom is 0.256 e. The van der Waals surface area contributed by atoms with Crippen molar-refractivity contribution < 1.29 is 9.59 Å². The van der Waals surface area contributed by atoms with E-state index in [1.807, 2.05) is 12.1 Å². The minimum absolute atomic E-state index is 0.243. The highest BCUT2D eigenvalue weighted by atomic mass is 35.5. The van der Waals surface area contributed by atoms with Gasteiger partial charge in [0.15, 0.2) is 0 Å². The largest absolute Gasteiger partial charge is 0.327 e. The Hall–Kier alpha value is -2.48. The molecule has 1 saturated heterocycles. The second-order valence-corrected chi connectivity index (χ2v) is 8.37. The molecule has 2 aromatic carbocycles. The maximum atomic E-state index is 12.9. The third-order valence-electron chi connectivity index (χ3n) is 4.67. The van der Waals surface area contributed by atoms with Crippen LogP contribution in [0.3, 0.4) is 0 Å². The fourth-order valence-electron chi connectivity index (χ4n) is 3.24. The second-order valence-electron chi connectivity index (χ2n) is 6.54. The van der Waals surface area contributed by atoms with Crippen molar-refractivity contribution in [1.29, 1.82) is 0 Å². The van der Waals surface area contributed by atoms with E-state index in [2.05, 4.69) is 15.5 Å². The quantitative estimate of drug-likeness (QED) is 0.626. The van der Waals surface area contributed by atoms with Crippen LogP contribution in [0.25, 0.3) is 10.6 Å². The van der Waals surface area contributed by atoms with E-state index in [1.165, 1.54) is 11.3 Å². The number of likely N-dealkylation sites (tertiary alicyclic amines) is 1. The molecule has 9 heteroatoms. The lowest BCUT2D eigenvalue weighted by molar-refractivity contribution is -0.119. The van der Waals surface area contributed by atoms with Crippen LogP contribution in [0, 0.1) is 0 Å². The smallest absolute Gasteiger partial charge is 0.256 e. The molecule has 0 radical (unpaired) electrons. The number of amides is 2. The first kappa shape index (κ1) is 19.8. The number of carbonyl (C=O) groups excluding carboxylic acids is 2. The van der Waals surface area contributed by atoms with Gasteiger partial charge in [-0.15, -0.1) is 10.2 Å². The van der Waals surface area contributed by atoms with Crippen LogP contribution in [-0.2, 0) is 4.79 Å². The van der Waals surface area contributed by atoms with Crippen molar-refractivity contribution in [3.05, 3.63) is 64.1 Å². The number of nitrogens with zero attached hydrogens (tertiary/aromatic N) is 3. The van der Waals surface area contributed by atoms with Crippen LogP contribution in [0.5, 0.6) is 0 Å². The molecule has 148 valence electrons. The molecular weight excluding hydrogens is 431 g/mol. The number of rotatable bonds is 4. The first-order chi connectivity index (χ1) is 14.0. The van der Waals surface area contributed by atoms with Crippen molar-refractivity contribution >= 4 is 51.5 Å². The molecule has 0 spiro atoms. The van der Waals surface area contributed by atoms with Crippen LogP contribution in [-0.4, -0.2) is 39.5 Å². The highest BCUT2D eigenvalue weighted by Crippen LogP contribution is 2.29. The normalized spacial score (nSPS) is 16.1. The van der Waals surface area contributed by atoms with Gasteiger partial charge in [-0.25, -0.2) is 0 Å². The van der Waals surface area contributed by atoms with Gasteiger partial charge in [-0.05, 0) is 37.1 Å². The molecule has 2 amide bonds. The van der Waals surface area contributed by atoms with Gasteiger partial charge in [0.1, 0.15) is 11.0 Å². The van der Waals surface area contributed by atoms with Crippen molar-refractivity contribution in [1.82, 2.24) is 15.1 Å². The summed E-state index contributed by atoms with van der Waals surface area (Å²) in [5.74, 6) is -0.519. The molecule has 1 atom stereocenters. The fraction of sp³-hybridized carbons (Fsp3) is 0.200. The van der Waals surface area contributed by atoms with Crippen molar-refractivity contribution in [3.63, 3.8) is 0 Å². The van der Waals surface area contributed by atoms with Crippen LogP contribution in [0.2, 0.25) is 10.0 Å². The van der Waals surface area contributed by atoms with Crippen molar-refractivity contribution in [2.45, 2.75) is 18.9 Å². The van der Waals surface area contributed by atoms with E-state index in [9.17, 15) is 9.59 Å². The summed E-state index contributed by atoms with van der Waals surface area (Å²) in [5, 5.41) is 13.0. The van der Waals surface area contributed by atoms with E-state index in [0.717, 1.165) is 12.0 Å². The van der Waals surface area contributed by atoms with Gasteiger partial charge < -0.3 is 4.90 Å². The van der Waals surface area contributed by atoms with Crippen LogP contribution in [0.1, 0.15) is 23.2 Å². The molecule has 0 bridgehead atoms. The Morgan fingerprint density at radius 1 is 1.07 bits per heavy atom. The summed E-state index contributed by atoms with van der Waals surface area (Å²) in [6.45, 7) is 0.508. The average Bonchev–Trinajstić information content (AvgIpc) is 3.38. The van der Waals surface area contributed by atoms with E-state index in [4.69, 9.17) is 23.2 Å². The average molecular weight is 447 g/mol. The molecule has 3 aromatic rings. The molecule has 1 N–H and O–H groups in total. The summed E-state index contributed by atoms with van der Waals surface area (Å²) >= 11 is 13.3. The molecule has 0 saturated carbocycles. The van der Waals surface area contributed by atoms with E-state index in [0.29, 0.717) is 38.7 Å². The third-order valence-corrected chi connectivity index (χ3v) is 6.14. The zero-order chi connectivity index (χ0) is 20.4. The number of hydrogen-bond donors (Lipinski definition) is 1. The van der Waals surface area contributed by atoms with Crippen molar-refractivity contribution in [3.8, 4) is 10.6 Å². The van der Waals surface area contributed by atoms with Gasteiger partial charge in [0.05, 0.1) is 10.6 Å². The Morgan fingerprint density at radius 3 is 2.59 bits per heavy atom. The van der Waals surface area contributed by atoms with E-state index in [1.54, 1.807) is 41.3 Å². The summed E-state index contributed by atoms with van der Waals surface area (Å²) in [7, 11) is 0. The minimum Gasteiger partial charge on any atom is -0.327 e. The summed E-state index contributed by atoms with van der Waals surface area (Å²) < 4.78 is 0. The molecule has 1 fully saturated rings.